The van der Waals surface area contributed by atoms with Crippen LogP contribution in [0.15, 0.2) is 103 Å². The van der Waals surface area contributed by atoms with Crippen molar-refractivity contribution in [3.05, 3.63) is 125 Å². The van der Waals surface area contributed by atoms with Gasteiger partial charge >= 0.3 is 0 Å². The van der Waals surface area contributed by atoms with Gasteiger partial charge in [-0.1, -0.05) is 54.6 Å². The van der Waals surface area contributed by atoms with Crippen molar-refractivity contribution in [3.8, 4) is 52.2 Å². The van der Waals surface area contributed by atoms with Gasteiger partial charge in [0.1, 0.15) is 0 Å². The number of nitriles is 4. The fraction of sp³-hybridized carbons (Fsp3) is 0. The molecule has 5 aromatic carbocycles. The molecule has 0 N–H and O–H groups in total. The molecular formula is C34H17N5. The third-order valence-electron chi connectivity index (χ3n) is 6.96. The molecular weight excluding hydrogens is 478 g/mol. The van der Waals surface area contributed by atoms with Gasteiger partial charge in [0, 0.05) is 33.0 Å². The number of rotatable bonds is 3. The highest BCUT2D eigenvalue weighted by Gasteiger charge is 2.22. The highest BCUT2D eigenvalue weighted by Crippen LogP contribution is 2.42. The molecule has 0 bridgehead atoms. The van der Waals surface area contributed by atoms with Gasteiger partial charge in [-0.25, -0.2) is 0 Å². The average molecular weight is 496 g/mol. The van der Waals surface area contributed by atoms with Gasteiger partial charge in [0.25, 0.3) is 0 Å². The van der Waals surface area contributed by atoms with Gasteiger partial charge in [0.2, 0.25) is 0 Å². The first-order valence-electron chi connectivity index (χ1n) is 12.2. The molecule has 0 amide bonds. The molecule has 0 fully saturated rings. The molecule has 0 aliphatic rings. The topological polar surface area (TPSA) is 100 Å². The van der Waals surface area contributed by atoms with Crippen molar-refractivity contribution in [2.45, 2.75) is 0 Å². The molecule has 1 aromatic heterocycles. The molecule has 1 heterocycles. The zero-order valence-electron chi connectivity index (χ0n) is 20.6. The monoisotopic (exact) mass is 495 g/mol. The van der Waals surface area contributed by atoms with E-state index in [1.165, 1.54) is 0 Å². The molecule has 6 aromatic rings. The normalized spacial score (nSPS) is 10.5. The fourth-order valence-corrected chi connectivity index (χ4v) is 5.25. The summed E-state index contributed by atoms with van der Waals surface area (Å²) in [6.45, 7) is 0. The highest BCUT2D eigenvalue weighted by atomic mass is 15.0. The molecule has 5 nitrogen and oxygen atoms in total. The van der Waals surface area contributed by atoms with Crippen molar-refractivity contribution in [2.24, 2.45) is 0 Å². The Labute approximate surface area is 224 Å². The van der Waals surface area contributed by atoms with Crippen LogP contribution in [0.4, 0.5) is 0 Å². The van der Waals surface area contributed by atoms with E-state index in [2.05, 4.69) is 41.0 Å². The van der Waals surface area contributed by atoms with E-state index in [4.69, 9.17) is 0 Å². The Kier molecular flexibility index (Phi) is 5.60. The van der Waals surface area contributed by atoms with E-state index in [0.29, 0.717) is 33.4 Å². The predicted molar refractivity (Wildman–Crippen MR) is 151 cm³/mol. The standard InChI is InChI=1S/C34H17N5/c35-18-22-12-14-24(20-37)30(16-22)28-8-5-9-29(31-17-23(19-36)13-15-25(31)21-38)34(28)39-32-10-3-1-6-26(32)27-7-2-4-11-33(27)39/h1-17H. The molecule has 0 aliphatic heterocycles. The lowest BCUT2D eigenvalue weighted by Gasteiger charge is -2.20. The number of hydrogen-bond donors (Lipinski definition) is 0. The summed E-state index contributed by atoms with van der Waals surface area (Å²) < 4.78 is 2.15. The highest BCUT2D eigenvalue weighted by molar-refractivity contribution is 6.10. The van der Waals surface area contributed by atoms with E-state index in [1.54, 1.807) is 36.4 Å². The predicted octanol–water partition coefficient (Wildman–Crippen LogP) is 7.60. The summed E-state index contributed by atoms with van der Waals surface area (Å²) in [5, 5.41) is 41.5. The van der Waals surface area contributed by atoms with Crippen LogP contribution in [-0.2, 0) is 0 Å². The summed E-state index contributed by atoms with van der Waals surface area (Å²) in [4.78, 5) is 0. The fourth-order valence-electron chi connectivity index (χ4n) is 5.25. The molecule has 0 spiro atoms. The lowest BCUT2D eigenvalue weighted by Crippen LogP contribution is -2.02. The summed E-state index contributed by atoms with van der Waals surface area (Å²) in [6, 6.07) is 40.9. The molecule has 6 rings (SSSR count). The van der Waals surface area contributed by atoms with Crippen LogP contribution < -0.4 is 0 Å². The zero-order valence-corrected chi connectivity index (χ0v) is 20.6. The number of hydrogen-bond acceptors (Lipinski definition) is 4. The first kappa shape index (κ1) is 23.3. The van der Waals surface area contributed by atoms with E-state index < -0.39 is 0 Å². The maximum Gasteiger partial charge on any atom is 0.0998 e. The minimum Gasteiger partial charge on any atom is -0.308 e. The second-order valence-electron chi connectivity index (χ2n) is 9.04. The van der Waals surface area contributed by atoms with Crippen molar-refractivity contribution < 1.29 is 0 Å². The molecule has 39 heavy (non-hydrogen) atoms. The molecule has 178 valence electrons. The summed E-state index contributed by atoms with van der Waals surface area (Å²) >= 11 is 0. The average Bonchev–Trinajstić information content (AvgIpc) is 3.34. The van der Waals surface area contributed by atoms with Gasteiger partial charge in [-0.3, -0.25) is 0 Å². The third-order valence-corrected chi connectivity index (χ3v) is 6.96. The first-order valence-corrected chi connectivity index (χ1v) is 12.2. The van der Waals surface area contributed by atoms with Crippen LogP contribution >= 0.6 is 0 Å². The Morgan fingerprint density at radius 1 is 0.436 bits per heavy atom. The smallest absolute Gasteiger partial charge is 0.0998 e. The van der Waals surface area contributed by atoms with Crippen molar-refractivity contribution in [1.82, 2.24) is 4.57 Å². The van der Waals surface area contributed by atoms with Crippen LogP contribution in [0, 0.1) is 45.3 Å². The largest absolute Gasteiger partial charge is 0.308 e. The molecule has 0 aliphatic carbocycles. The lowest BCUT2D eigenvalue weighted by atomic mass is 9.90. The maximum absolute atomic E-state index is 10.0. The number of fused-ring (bicyclic) bond motifs is 3. The van der Waals surface area contributed by atoms with Gasteiger partial charge in [-0.05, 0) is 48.5 Å². The van der Waals surface area contributed by atoms with Crippen LogP contribution in [0.25, 0.3) is 49.7 Å². The first-order chi connectivity index (χ1) is 19.2. The number of benzene rings is 5. The Morgan fingerprint density at radius 2 is 0.897 bits per heavy atom. The van der Waals surface area contributed by atoms with E-state index in [9.17, 15) is 21.0 Å². The SMILES string of the molecule is N#Cc1ccc(C#N)c(-c2cccc(-c3cc(C#N)ccc3C#N)c2-n2c3ccccc3c3ccccc32)c1. The third kappa shape index (κ3) is 3.68. The minimum atomic E-state index is 0.430. The molecule has 5 heteroatoms. The van der Waals surface area contributed by atoms with Crippen LogP contribution in [0.3, 0.4) is 0 Å². The molecule has 0 saturated heterocycles. The zero-order chi connectivity index (χ0) is 26.9. The van der Waals surface area contributed by atoms with E-state index >= 15 is 0 Å². The number of aromatic nitrogens is 1. The molecule has 0 saturated carbocycles. The van der Waals surface area contributed by atoms with E-state index in [1.807, 2.05) is 54.6 Å². The molecule has 0 atom stereocenters. The van der Waals surface area contributed by atoms with Crippen LogP contribution in [0.1, 0.15) is 22.3 Å². The molecule has 0 unspecified atom stereocenters. The van der Waals surface area contributed by atoms with Crippen LogP contribution in [0.5, 0.6) is 0 Å². The summed E-state index contributed by atoms with van der Waals surface area (Å²) in [6.07, 6.45) is 0. The summed E-state index contributed by atoms with van der Waals surface area (Å²) in [7, 11) is 0. The Hall–Kier alpha value is -6.14. The Balaban J connectivity index is 1.85. The van der Waals surface area contributed by atoms with Crippen LogP contribution in [0.2, 0.25) is 0 Å². The van der Waals surface area contributed by atoms with Gasteiger partial charge in [-0.2, -0.15) is 21.0 Å². The van der Waals surface area contributed by atoms with Gasteiger partial charge in [0.05, 0.1) is 63.3 Å². The van der Waals surface area contributed by atoms with Gasteiger partial charge in [0.15, 0.2) is 0 Å². The number of nitrogens with zero attached hydrogens (tertiary/aromatic N) is 5. The Morgan fingerprint density at radius 3 is 1.33 bits per heavy atom. The van der Waals surface area contributed by atoms with Crippen molar-refractivity contribution in [3.63, 3.8) is 0 Å². The van der Waals surface area contributed by atoms with Crippen molar-refractivity contribution in [2.75, 3.05) is 0 Å². The summed E-state index contributed by atoms with van der Waals surface area (Å²) in [5.41, 5.74) is 7.10. The van der Waals surface area contributed by atoms with Crippen molar-refractivity contribution in [1.29, 1.82) is 21.0 Å². The lowest BCUT2D eigenvalue weighted by molar-refractivity contribution is 1.18. The quantitative estimate of drug-likeness (QED) is 0.252. The Bertz CT molecular complexity index is 1970. The van der Waals surface area contributed by atoms with Crippen molar-refractivity contribution >= 4 is 21.8 Å². The summed E-state index contributed by atoms with van der Waals surface area (Å²) in [5.74, 6) is 0. The van der Waals surface area contributed by atoms with E-state index in [-0.39, 0.29) is 0 Å². The van der Waals surface area contributed by atoms with Gasteiger partial charge in [-0.15, -0.1) is 0 Å². The minimum absolute atomic E-state index is 0.430. The second kappa shape index (κ2) is 9.38. The molecule has 0 radical (unpaired) electrons. The maximum atomic E-state index is 10.0. The van der Waals surface area contributed by atoms with Crippen LogP contribution in [-0.4, -0.2) is 4.57 Å². The second-order valence-corrected chi connectivity index (χ2v) is 9.04. The van der Waals surface area contributed by atoms with Gasteiger partial charge < -0.3 is 4.57 Å². The van der Waals surface area contributed by atoms with E-state index in [0.717, 1.165) is 38.6 Å². The number of para-hydroxylation sites is 3.